The fraction of sp³-hybridized carbons (Fsp3) is 0.333. The van der Waals surface area contributed by atoms with E-state index in [-0.39, 0.29) is 37.5 Å². The summed E-state index contributed by atoms with van der Waals surface area (Å²) in [5, 5.41) is 13.8. The molecule has 0 heterocycles. The van der Waals surface area contributed by atoms with Crippen molar-refractivity contribution < 1.29 is 14.4 Å². The molecule has 0 saturated carbocycles. The van der Waals surface area contributed by atoms with Crippen LogP contribution in [0.25, 0.3) is 0 Å². The number of amides is 2. The summed E-state index contributed by atoms with van der Waals surface area (Å²) in [4.78, 5) is 33.8. The van der Waals surface area contributed by atoms with E-state index in [1.807, 2.05) is 0 Å². The van der Waals surface area contributed by atoms with Gasteiger partial charge in [0.1, 0.15) is 12.2 Å². The zero-order valence-corrected chi connectivity index (χ0v) is 11.8. The Hall–Kier alpha value is -2.68. The molecule has 1 aromatic carbocycles. The van der Waals surface area contributed by atoms with E-state index in [0.717, 1.165) is 5.56 Å². The van der Waals surface area contributed by atoms with E-state index in [9.17, 15) is 14.4 Å². The summed E-state index contributed by atoms with van der Waals surface area (Å²) in [5.74, 6) is -0.648. The third-order valence-corrected chi connectivity index (χ3v) is 2.71. The van der Waals surface area contributed by atoms with Crippen LogP contribution in [-0.2, 0) is 20.9 Å². The fourth-order valence-electron chi connectivity index (χ4n) is 1.63. The van der Waals surface area contributed by atoms with Crippen molar-refractivity contribution in [1.82, 2.24) is 5.32 Å². The van der Waals surface area contributed by atoms with Gasteiger partial charge in [0.2, 0.25) is 11.8 Å². The van der Waals surface area contributed by atoms with E-state index in [2.05, 4.69) is 10.6 Å². The molecule has 0 fully saturated rings. The van der Waals surface area contributed by atoms with E-state index in [1.165, 1.54) is 6.92 Å². The van der Waals surface area contributed by atoms with Gasteiger partial charge in [0.05, 0.1) is 6.07 Å². The number of ketones is 1. The molecule has 0 spiro atoms. The molecule has 0 aliphatic carbocycles. The van der Waals surface area contributed by atoms with Crippen molar-refractivity contribution in [2.75, 3.05) is 5.32 Å². The average Bonchev–Trinajstić information content (AvgIpc) is 2.44. The average molecular weight is 287 g/mol. The summed E-state index contributed by atoms with van der Waals surface area (Å²) in [6.45, 7) is 1.69. The monoisotopic (exact) mass is 287 g/mol. The normalized spacial score (nSPS) is 9.52. The van der Waals surface area contributed by atoms with Crippen LogP contribution < -0.4 is 10.6 Å². The van der Waals surface area contributed by atoms with Crippen molar-refractivity contribution in [3.8, 4) is 6.07 Å². The number of nitrogens with one attached hydrogen (secondary N) is 2. The van der Waals surface area contributed by atoms with E-state index in [0.29, 0.717) is 5.69 Å². The number of nitriles is 1. The molecular weight excluding hydrogens is 270 g/mol. The standard InChI is InChI=1S/C15H17N3O3/c1-11(19)6-7-14(20)17-10-12-4-2-3-5-13(12)18-15(21)8-9-16/h2-5H,6-8,10H2,1H3,(H,17,20)(H,18,21). The molecule has 110 valence electrons. The Morgan fingerprint density at radius 3 is 2.52 bits per heavy atom. The molecule has 0 aliphatic rings. The van der Waals surface area contributed by atoms with Crippen LogP contribution in [0.1, 0.15) is 31.7 Å². The van der Waals surface area contributed by atoms with Gasteiger partial charge in [-0.3, -0.25) is 9.59 Å². The molecule has 6 heteroatoms. The summed E-state index contributed by atoms with van der Waals surface area (Å²) in [5.41, 5.74) is 1.30. The van der Waals surface area contributed by atoms with Gasteiger partial charge in [-0.05, 0) is 18.6 Å². The molecule has 0 aromatic heterocycles. The highest BCUT2D eigenvalue weighted by Gasteiger charge is 2.08. The van der Waals surface area contributed by atoms with E-state index in [1.54, 1.807) is 30.3 Å². The zero-order valence-electron chi connectivity index (χ0n) is 11.8. The first-order chi connectivity index (χ1) is 10.0. The molecule has 0 unspecified atom stereocenters. The second kappa shape index (κ2) is 8.48. The van der Waals surface area contributed by atoms with Gasteiger partial charge >= 0.3 is 0 Å². The molecule has 0 saturated heterocycles. The second-order valence-electron chi connectivity index (χ2n) is 4.52. The minimum absolute atomic E-state index is 0.0330. The number of Topliss-reactive ketones (excluding diaryl/α,β-unsaturated/α-hetero) is 1. The number of para-hydroxylation sites is 1. The third kappa shape index (κ3) is 6.34. The number of carbonyl (C=O) groups excluding carboxylic acids is 3. The number of hydrogen-bond donors (Lipinski definition) is 2. The molecule has 2 N–H and O–H groups in total. The van der Waals surface area contributed by atoms with E-state index < -0.39 is 5.91 Å². The van der Waals surface area contributed by atoms with E-state index >= 15 is 0 Å². The maximum atomic E-state index is 11.6. The van der Waals surface area contributed by atoms with Gasteiger partial charge in [0.15, 0.2) is 0 Å². The Morgan fingerprint density at radius 1 is 1.14 bits per heavy atom. The van der Waals surface area contributed by atoms with Crippen molar-refractivity contribution in [3.63, 3.8) is 0 Å². The number of carbonyl (C=O) groups is 3. The first-order valence-electron chi connectivity index (χ1n) is 6.53. The van der Waals surface area contributed by atoms with Crippen LogP contribution in [0, 0.1) is 11.3 Å². The highest BCUT2D eigenvalue weighted by Crippen LogP contribution is 2.15. The molecule has 0 atom stereocenters. The molecule has 0 aliphatic heterocycles. The van der Waals surface area contributed by atoms with Crippen LogP contribution >= 0.6 is 0 Å². The van der Waals surface area contributed by atoms with Gasteiger partial charge in [-0.2, -0.15) is 5.26 Å². The molecule has 0 radical (unpaired) electrons. The highest BCUT2D eigenvalue weighted by molar-refractivity contribution is 5.92. The maximum absolute atomic E-state index is 11.6. The van der Waals surface area contributed by atoms with Crippen LogP contribution in [0.3, 0.4) is 0 Å². The number of anilines is 1. The number of benzene rings is 1. The third-order valence-electron chi connectivity index (χ3n) is 2.71. The number of nitrogens with zero attached hydrogens (tertiary/aromatic N) is 1. The molecular formula is C15H17N3O3. The Balaban J connectivity index is 2.59. The van der Waals surface area contributed by atoms with Crippen LogP contribution in [0.2, 0.25) is 0 Å². The maximum Gasteiger partial charge on any atom is 0.238 e. The fourth-order valence-corrected chi connectivity index (χ4v) is 1.63. The van der Waals surface area contributed by atoms with E-state index in [4.69, 9.17) is 5.26 Å². The summed E-state index contributed by atoms with van der Waals surface area (Å²) >= 11 is 0. The topological polar surface area (TPSA) is 99.1 Å². The molecule has 1 aromatic rings. The number of hydrogen-bond acceptors (Lipinski definition) is 4. The van der Waals surface area contributed by atoms with Crippen LogP contribution in [-0.4, -0.2) is 17.6 Å². The van der Waals surface area contributed by atoms with Crippen LogP contribution in [0.15, 0.2) is 24.3 Å². The Labute approximate surface area is 123 Å². The lowest BCUT2D eigenvalue weighted by molar-refractivity contribution is -0.124. The van der Waals surface area contributed by atoms with Gasteiger partial charge in [-0.1, -0.05) is 18.2 Å². The van der Waals surface area contributed by atoms with Crippen molar-refractivity contribution in [2.24, 2.45) is 0 Å². The molecule has 1 rings (SSSR count). The first-order valence-corrected chi connectivity index (χ1v) is 6.53. The lowest BCUT2D eigenvalue weighted by Gasteiger charge is -2.11. The molecule has 0 bridgehead atoms. The summed E-state index contributed by atoms with van der Waals surface area (Å²) in [6.07, 6.45) is 0.143. The van der Waals surface area contributed by atoms with Gasteiger partial charge in [-0.25, -0.2) is 0 Å². The van der Waals surface area contributed by atoms with Crippen LogP contribution in [0.5, 0.6) is 0 Å². The SMILES string of the molecule is CC(=O)CCC(=O)NCc1ccccc1NC(=O)CC#N. The lowest BCUT2D eigenvalue weighted by Crippen LogP contribution is -2.24. The van der Waals surface area contributed by atoms with Gasteiger partial charge < -0.3 is 15.4 Å². The minimum Gasteiger partial charge on any atom is -0.352 e. The predicted octanol–water partition coefficient (Wildman–Crippen LogP) is 1.52. The van der Waals surface area contributed by atoms with Gasteiger partial charge in [0, 0.05) is 25.1 Å². The summed E-state index contributed by atoms with van der Waals surface area (Å²) < 4.78 is 0. The lowest BCUT2D eigenvalue weighted by atomic mass is 10.1. The first kappa shape index (κ1) is 16.4. The minimum atomic E-state index is -0.396. The van der Waals surface area contributed by atoms with Crippen molar-refractivity contribution in [3.05, 3.63) is 29.8 Å². The zero-order chi connectivity index (χ0) is 15.7. The summed E-state index contributed by atoms with van der Waals surface area (Å²) in [7, 11) is 0. The second-order valence-corrected chi connectivity index (χ2v) is 4.52. The van der Waals surface area contributed by atoms with Crippen LogP contribution in [0.4, 0.5) is 5.69 Å². The molecule has 2 amide bonds. The Kier molecular flexibility index (Phi) is 6.61. The highest BCUT2D eigenvalue weighted by atomic mass is 16.2. The quantitative estimate of drug-likeness (QED) is 0.794. The van der Waals surface area contributed by atoms with Crippen molar-refractivity contribution in [2.45, 2.75) is 32.7 Å². The van der Waals surface area contributed by atoms with Crippen molar-refractivity contribution >= 4 is 23.3 Å². The summed E-state index contributed by atoms with van der Waals surface area (Å²) in [6, 6.07) is 8.78. The van der Waals surface area contributed by atoms with Crippen molar-refractivity contribution in [1.29, 1.82) is 5.26 Å². The smallest absolute Gasteiger partial charge is 0.238 e. The molecule has 21 heavy (non-hydrogen) atoms. The van der Waals surface area contributed by atoms with Gasteiger partial charge in [-0.15, -0.1) is 0 Å². The molecule has 6 nitrogen and oxygen atoms in total. The number of rotatable bonds is 7. The Morgan fingerprint density at radius 2 is 1.86 bits per heavy atom. The predicted molar refractivity (Wildman–Crippen MR) is 77.1 cm³/mol. The Bertz CT molecular complexity index is 576. The van der Waals surface area contributed by atoms with Gasteiger partial charge in [0.25, 0.3) is 0 Å². The largest absolute Gasteiger partial charge is 0.352 e.